The van der Waals surface area contributed by atoms with Crippen molar-refractivity contribution in [3.63, 3.8) is 0 Å². The van der Waals surface area contributed by atoms with Gasteiger partial charge in [-0.15, -0.1) is 0 Å². The van der Waals surface area contributed by atoms with Crippen LogP contribution in [0.15, 0.2) is 97.1 Å². The van der Waals surface area contributed by atoms with Crippen LogP contribution >= 0.6 is 0 Å². The summed E-state index contributed by atoms with van der Waals surface area (Å²) in [7, 11) is 2.19. The molecule has 0 N–H and O–H groups in total. The van der Waals surface area contributed by atoms with Crippen LogP contribution in [0, 0.1) is 0 Å². The number of likely N-dealkylation sites (N-methyl/N-ethyl adjacent to an activating group) is 1. The molecule has 5 aromatic rings. The van der Waals surface area contributed by atoms with Crippen molar-refractivity contribution < 1.29 is 9.47 Å². The van der Waals surface area contributed by atoms with Crippen molar-refractivity contribution in [3.8, 4) is 22.9 Å². The number of imidazole rings is 1. The highest BCUT2D eigenvalue weighted by molar-refractivity contribution is 5.59. The first-order chi connectivity index (χ1) is 22.1. The maximum Gasteiger partial charge on any atom is 0.231 e. The number of hydrogen-bond donors (Lipinski definition) is 0. The van der Waals surface area contributed by atoms with Gasteiger partial charge in [-0.05, 0) is 53.3 Å². The van der Waals surface area contributed by atoms with Gasteiger partial charge in [0, 0.05) is 57.4 Å². The molecule has 0 saturated heterocycles. The highest BCUT2D eigenvalue weighted by atomic mass is 16.7. The standard InChI is InChI=1S/C39H42N4O2/c1-3-4-20-43-36(34(23-29-11-7-5-8-12-29)40-39(43)32-13-9-6-10-14-32)27-42(26-31-16-18-37-38(24-31)45-28-44-37)25-30-15-17-35-33(22-30)19-21-41(35)2/h5-18,22,24H,3-4,19-21,23,25-28H2,1-2H3. The molecule has 6 nitrogen and oxygen atoms in total. The van der Waals surface area contributed by atoms with Crippen molar-refractivity contribution in [1.29, 1.82) is 0 Å². The Bertz CT molecular complexity index is 1750. The summed E-state index contributed by atoms with van der Waals surface area (Å²) in [5.74, 6) is 2.72. The lowest BCUT2D eigenvalue weighted by Crippen LogP contribution is -2.25. The predicted molar refractivity (Wildman–Crippen MR) is 181 cm³/mol. The summed E-state index contributed by atoms with van der Waals surface area (Å²) >= 11 is 0. The normalized spacial score (nSPS) is 13.5. The largest absolute Gasteiger partial charge is 0.454 e. The van der Waals surface area contributed by atoms with Gasteiger partial charge in [-0.2, -0.15) is 0 Å². The molecule has 2 aliphatic rings. The average molecular weight is 599 g/mol. The van der Waals surface area contributed by atoms with Crippen molar-refractivity contribution >= 4 is 5.69 Å². The van der Waals surface area contributed by atoms with Crippen molar-refractivity contribution in [2.45, 2.75) is 58.8 Å². The number of fused-ring (bicyclic) bond motifs is 2. The Morgan fingerprint density at radius 3 is 2.31 bits per heavy atom. The van der Waals surface area contributed by atoms with Crippen LogP contribution in [0.1, 0.15) is 53.4 Å². The van der Waals surface area contributed by atoms with E-state index >= 15 is 0 Å². The molecule has 0 saturated carbocycles. The number of rotatable bonds is 12. The third-order valence-electron chi connectivity index (χ3n) is 9.03. The third kappa shape index (κ3) is 6.47. The zero-order valence-corrected chi connectivity index (χ0v) is 26.4. The second-order valence-corrected chi connectivity index (χ2v) is 12.3. The maximum atomic E-state index is 5.76. The summed E-state index contributed by atoms with van der Waals surface area (Å²) < 4.78 is 13.9. The summed E-state index contributed by atoms with van der Waals surface area (Å²) in [5, 5.41) is 0. The fourth-order valence-electron chi connectivity index (χ4n) is 6.66. The molecule has 230 valence electrons. The van der Waals surface area contributed by atoms with Gasteiger partial charge in [0.1, 0.15) is 5.82 Å². The minimum atomic E-state index is 0.286. The van der Waals surface area contributed by atoms with Gasteiger partial charge in [0.25, 0.3) is 0 Å². The van der Waals surface area contributed by atoms with Gasteiger partial charge in [-0.3, -0.25) is 4.90 Å². The Morgan fingerprint density at radius 1 is 0.778 bits per heavy atom. The summed E-state index contributed by atoms with van der Waals surface area (Å²) in [6.07, 6.45) is 4.14. The lowest BCUT2D eigenvalue weighted by molar-refractivity contribution is 0.174. The Balaban J connectivity index is 1.29. The molecular weight excluding hydrogens is 556 g/mol. The number of nitrogens with zero attached hydrogens (tertiary/aromatic N) is 4. The molecule has 45 heavy (non-hydrogen) atoms. The second kappa shape index (κ2) is 13.2. The molecule has 0 amide bonds. The number of anilines is 1. The average Bonchev–Trinajstić information content (AvgIpc) is 3.78. The molecule has 2 aliphatic heterocycles. The van der Waals surface area contributed by atoms with Gasteiger partial charge in [-0.25, -0.2) is 4.98 Å². The van der Waals surface area contributed by atoms with Crippen LogP contribution < -0.4 is 14.4 Å². The van der Waals surface area contributed by atoms with Crippen LogP contribution in [0.4, 0.5) is 5.69 Å². The molecule has 4 aromatic carbocycles. The van der Waals surface area contributed by atoms with E-state index < -0.39 is 0 Å². The zero-order valence-electron chi connectivity index (χ0n) is 26.4. The van der Waals surface area contributed by atoms with Gasteiger partial charge >= 0.3 is 0 Å². The van der Waals surface area contributed by atoms with Gasteiger partial charge in [0.2, 0.25) is 6.79 Å². The van der Waals surface area contributed by atoms with E-state index in [1.54, 1.807) is 0 Å². The van der Waals surface area contributed by atoms with E-state index in [2.05, 4.69) is 119 Å². The molecule has 0 atom stereocenters. The number of unbranched alkanes of at least 4 members (excludes halogenated alkanes) is 1. The minimum Gasteiger partial charge on any atom is -0.454 e. The first-order valence-corrected chi connectivity index (χ1v) is 16.3. The highest BCUT2D eigenvalue weighted by Crippen LogP contribution is 2.34. The van der Waals surface area contributed by atoms with Gasteiger partial charge in [0.15, 0.2) is 11.5 Å². The van der Waals surface area contributed by atoms with Crippen LogP contribution in [-0.4, -0.2) is 34.8 Å². The Hall–Kier alpha value is -4.55. The monoisotopic (exact) mass is 598 g/mol. The third-order valence-corrected chi connectivity index (χ3v) is 9.03. The molecule has 0 fully saturated rings. The second-order valence-electron chi connectivity index (χ2n) is 12.3. The maximum absolute atomic E-state index is 5.76. The van der Waals surface area contributed by atoms with Crippen LogP contribution in [0.5, 0.6) is 11.5 Å². The molecular formula is C39H42N4O2. The summed E-state index contributed by atoms with van der Waals surface area (Å²) in [4.78, 5) is 10.3. The van der Waals surface area contributed by atoms with Gasteiger partial charge in [-0.1, -0.05) is 92.2 Å². The van der Waals surface area contributed by atoms with Crippen LogP contribution in [0.2, 0.25) is 0 Å². The molecule has 3 heterocycles. The van der Waals surface area contributed by atoms with Crippen LogP contribution in [0.3, 0.4) is 0 Å². The molecule has 0 radical (unpaired) electrons. The molecule has 0 spiro atoms. The molecule has 1 aromatic heterocycles. The van der Waals surface area contributed by atoms with E-state index in [4.69, 9.17) is 14.5 Å². The molecule has 0 bridgehead atoms. The minimum absolute atomic E-state index is 0.286. The number of ether oxygens (including phenoxy) is 2. The van der Waals surface area contributed by atoms with Crippen molar-refractivity contribution in [1.82, 2.24) is 14.5 Å². The van der Waals surface area contributed by atoms with Crippen molar-refractivity contribution in [2.75, 3.05) is 25.3 Å². The van der Waals surface area contributed by atoms with Crippen molar-refractivity contribution in [2.24, 2.45) is 0 Å². The lowest BCUT2D eigenvalue weighted by atomic mass is 10.1. The number of benzene rings is 4. The SMILES string of the molecule is CCCCn1c(-c2ccccc2)nc(Cc2ccccc2)c1CN(Cc1ccc2c(c1)CCN2C)Cc1ccc2c(c1)OCO2. The first-order valence-electron chi connectivity index (χ1n) is 16.3. The summed E-state index contributed by atoms with van der Waals surface area (Å²) in [6, 6.07) is 34.8. The number of aromatic nitrogens is 2. The molecule has 6 heteroatoms. The highest BCUT2D eigenvalue weighted by Gasteiger charge is 2.23. The van der Waals surface area contributed by atoms with Gasteiger partial charge < -0.3 is 18.9 Å². The van der Waals surface area contributed by atoms with E-state index in [1.165, 1.54) is 39.2 Å². The van der Waals surface area contributed by atoms with Crippen molar-refractivity contribution in [3.05, 3.63) is 131 Å². The van der Waals surface area contributed by atoms with Crippen LogP contribution in [0.25, 0.3) is 11.4 Å². The smallest absolute Gasteiger partial charge is 0.231 e. The molecule has 7 rings (SSSR count). The quantitative estimate of drug-likeness (QED) is 0.146. The zero-order chi connectivity index (χ0) is 30.6. The molecule has 0 aliphatic carbocycles. The van der Waals surface area contributed by atoms with E-state index in [1.807, 2.05) is 6.07 Å². The van der Waals surface area contributed by atoms with E-state index in [-0.39, 0.29) is 6.79 Å². The van der Waals surface area contributed by atoms with E-state index in [0.717, 1.165) is 81.4 Å². The summed E-state index contributed by atoms with van der Waals surface area (Å²) in [6.45, 7) is 7.00. The topological polar surface area (TPSA) is 42.8 Å². The number of hydrogen-bond acceptors (Lipinski definition) is 5. The van der Waals surface area contributed by atoms with Crippen LogP contribution in [-0.2, 0) is 39.0 Å². The van der Waals surface area contributed by atoms with Gasteiger partial charge in [0.05, 0.1) is 11.4 Å². The fourth-order valence-corrected chi connectivity index (χ4v) is 6.66. The lowest BCUT2D eigenvalue weighted by Gasteiger charge is -2.25. The Morgan fingerprint density at radius 2 is 1.51 bits per heavy atom. The molecule has 0 unspecified atom stereocenters. The summed E-state index contributed by atoms with van der Waals surface area (Å²) in [5.41, 5.74) is 10.3. The Kier molecular flexibility index (Phi) is 8.56. The predicted octanol–water partition coefficient (Wildman–Crippen LogP) is 7.86. The Labute approximate surface area is 266 Å². The van der Waals surface area contributed by atoms with E-state index in [0.29, 0.717) is 0 Å². The fraction of sp³-hybridized carbons (Fsp3) is 0.308. The first kappa shape index (κ1) is 29.2. The van der Waals surface area contributed by atoms with E-state index in [9.17, 15) is 0 Å².